The van der Waals surface area contributed by atoms with Crippen LogP contribution < -0.4 is 0 Å². The van der Waals surface area contributed by atoms with E-state index in [0.29, 0.717) is 5.91 Å². The Labute approximate surface area is 134 Å². The van der Waals surface area contributed by atoms with Crippen molar-refractivity contribution < 1.29 is 4.79 Å². The highest BCUT2D eigenvalue weighted by Crippen LogP contribution is 2.47. The fraction of sp³-hybridized carbons (Fsp3) is 0.588. The molecule has 1 amide bonds. The largest absolute Gasteiger partial charge is 0.366 e. The van der Waals surface area contributed by atoms with Gasteiger partial charge in [0, 0.05) is 6.54 Å². The van der Waals surface area contributed by atoms with Gasteiger partial charge >= 0.3 is 0 Å². The number of hydrogen-bond donors (Lipinski definition) is 0. The topological polar surface area (TPSA) is 20.3 Å². The molecule has 4 heteroatoms. The van der Waals surface area contributed by atoms with E-state index in [1.165, 1.54) is 5.56 Å². The standard InChI is InChI=1S/C17H27NOSSi/c1-16(2,3)21(5,6)18-13-17(20-4,15(18)19)12-14-10-8-7-9-11-14/h7-11H,12-13H2,1-6H3/t17-/m0/s1. The lowest BCUT2D eigenvalue weighted by atomic mass is 9.92. The lowest BCUT2D eigenvalue weighted by Gasteiger charge is -2.58. The van der Waals surface area contributed by atoms with Gasteiger partial charge in [0.15, 0.2) is 8.24 Å². The van der Waals surface area contributed by atoms with Gasteiger partial charge in [0.05, 0.1) is 0 Å². The van der Waals surface area contributed by atoms with Crippen molar-refractivity contribution in [3.63, 3.8) is 0 Å². The highest BCUT2D eigenvalue weighted by Gasteiger charge is 2.58. The quantitative estimate of drug-likeness (QED) is 0.612. The van der Waals surface area contributed by atoms with Gasteiger partial charge in [-0.2, -0.15) is 0 Å². The Kier molecular flexibility index (Phi) is 4.33. The van der Waals surface area contributed by atoms with Crippen LogP contribution >= 0.6 is 11.8 Å². The number of carbonyl (C=O) groups is 1. The molecule has 0 saturated carbocycles. The molecule has 1 aromatic rings. The van der Waals surface area contributed by atoms with Crippen molar-refractivity contribution in [3.8, 4) is 0 Å². The van der Waals surface area contributed by atoms with E-state index in [-0.39, 0.29) is 9.79 Å². The van der Waals surface area contributed by atoms with Crippen LogP contribution in [-0.4, -0.2) is 36.3 Å². The van der Waals surface area contributed by atoms with Crippen molar-refractivity contribution in [1.29, 1.82) is 0 Å². The summed E-state index contributed by atoms with van der Waals surface area (Å²) in [5, 5.41) is 0.208. The maximum Gasteiger partial charge on any atom is 0.233 e. The van der Waals surface area contributed by atoms with E-state index in [0.717, 1.165) is 13.0 Å². The van der Waals surface area contributed by atoms with E-state index in [9.17, 15) is 4.79 Å². The van der Waals surface area contributed by atoms with Gasteiger partial charge in [-0.25, -0.2) is 0 Å². The fourth-order valence-electron chi connectivity index (χ4n) is 2.69. The van der Waals surface area contributed by atoms with Crippen molar-refractivity contribution in [2.75, 3.05) is 12.8 Å². The van der Waals surface area contributed by atoms with Crippen molar-refractivity contribution in [1.82, 2.24) is 4.57 Å². The van der Waals surface area contributed by atoms with Gasteiger partial charge in [0.1, 0.15) is 4.75 Å². The zero-order valence-electron chi connectivity index (χ0n) is 14.1. The van der Waals surface area contributed by atoms with Gasteiger partial charge in [-0.3, -0.25) is 4.79 Å². The third-order valence-electron chi connectivity index (χ3n) is 5.28. The third-order valence-corrected chi connectivity index (χ3v) is 11.9. The van der Waals surface area contributed by atoms with Gasteiger partial charge in [-0.05, 0) is 23.3 Å². The van der Waals surface area contributed by atoms with Crippen LogP contribution in [0.15, 0.2) is 30.3 Å². The van der Waals surface area contributed by atoms with Gasteiger partial charge < -0.3 is 4.57 Å². The predicted molar refractivity (Wildman–Crippen MR) is 95.3 cm³/mol. The van der Waals surface area contributed by atoms with E-state index in [4.69, 9.17) is 0 Å². The van der Waals surface area contributed by atoms with Gasteiger partial charge in [0.25, 0.3) is 0 Å². The molecule has 2 nitrogen and oxygen atoms in total. The summed E-state index contributed by atoms with van der Waals surface area (Å²) in [6.45, 7) is 12.3. The minimum atomic E-state index is -1.74. The second-order valence-electron chi connectivity index (χ2n) is 7.56. The van der Waals surface area contributed by atoms with E-state index in [2.05, 4.69) is 69.0 Å². The first-order chi connectivity index (χ1) is 9.64. The Morgan fingerprint density at radius 2 is 1.81 bits per heavy atom. The molecule has 1 aliphatic rings. The molecule has 1 saturated heterocycles. The normalized spacial score (nSPS) is 23.1. The molecule has 0 bridgehead atoms. The fourth-order valence-corrected chi connectivity index (χ4v) is 5.93. The summed E-state index contributed by atoms with van der Waals surface area (Å²) in [6.07, 6.45) is 2.92. The van der Waals surface area contributed by atoms with E-state index in [1.807, 2.05) is 6.07 Å². The van der Waals surface area contributed by atoms with Crippen molar-refractivity contribution in [3.05, 3.63) is 35.9 Å². The first-order valence-corrected chi connectivity index (χ1v) is 11.7. The molecule has 1 atom stereocenters. The van der Waals surface area contributed by atoms with Crippen LogP contribution in [0.5, 0.6) is 0 Å². The van der Waals surface area contributed by atoms with E-state index < -0.39 is 8.24 Å². The van der Waals surface area contributed by atoms with Crippen LogP contribution in [0, 0.1) is 0 Å². The van der Waals surface area contributed by atoms with Crippen LogP contribution in [0.3, 0.4) is 0 Å². The molecule has 0 spiro atoms. The predicted octanol–water partition coefficient (Wildman–Crippen LogP) is 4.18. The Morgan fingerprint density at radius 1 is 1.24 bits per heavy atom. The Bertz CT molecular complexity index is 523. The van der Waals surface area contributed by atoms with Crippen molar-refractivity contribution in [2.45, 2.75) is 50.1 Å². The minimum absolute atomic E-state index is 0.208. The number of carbonyl (C=O) groups excluding carboxylic acids is 1. The van der Waals surface area contributed by atoms with Crippen LogP contribution in [-0.2, 0) is 11.2 Å². The summed E-state index contributed by atoms with van der Waals surface area (Å²) in [7, 11) is -1.74. The first-order valence-electron chi connectivity index (χ1n) is 7.55. The molecule has 1 fully saturated rings. The molecule has 0 aliphatic carbocycles. The molecule has 116 valence electrons. The van der Waals surface area contributed by atoms with Crippen LogP contribution in [0.4, 0.5) is 0 Å². The van der Waals surface area contributed by atoms with Gasteiger partial charge in [0.2, 0.25) is 5.91 Å². The maximum absolute atomic E-state index is 13.0. The Balaban J connectivity index is 2.18. The monoisotopic (exact) mass is 321 g/mol. The molecule has 1 heterocycles. The number of nitrogens with zero attached hydrogens (tertiary/aromatic N) is 1. The second kappa shape index (κ2) is 5.47. The molecule has 1 aliphatic heterocycles. The Morgan fingerprint density at radius 3 is 2.24 bits per heavy atom. The summed E-state index contributed by atoms with van der Waals surface area (Å²) in [4.78, 5) is 13.0. The van der Waals surface area contributed by atoms with E-state index >= 15 is 0 Å². The molecule has 0 N–H and O–H groups in total. The number of thioether (sulfide) groups is 1. The number of hydrogen-bond acceptors (Lipinski definition) is 2. The SMILES string of the molecule is CS[C@@]1(Cc2ccccc2)CN([Si](C)(C)C(C)(C)C)C1=O. The molecule has 0 aromatic heterocycles. The summed E-state index contributed by atoms with van der Waals surface area (Å²) in [5.74, 6) is 0.352. The number of amides is 1. The van der Waals surface area contributed by atoms with Gasteiger partial charge in [-0.1, -0.05) is 64.2 Å². The zero-order chi connectivity index (χ0) is 15.9. The molecular formula is C17H27NOSSi. The molecule has 21 heavy (non-hydrogen) atoms. The van der Waals surface area contributed by atoms with Crippen molar-refractivity contribution in [2.24, 2.45) is 0 Å². The molecule has 0 unspecified atom stereocenters. The molecular weight excluding hydrogens is 294 g/mol. The number of rotatable bonds is 4. The highest BCUT2D eigenvalue weighted by molar-refractivity contribution is 8.00. The summed E-state index contributed by atoms with van der Waals surface area (Å²) in [5.41, 5.74) is 1.26. The molecule has 0 radical (unpaired) electrons. The lowest BCUT2D eigenvalue weighted by Crippen LogP contribution is -2.74. The third kappa shape index (κ3) is 2.80. The Hall–Kier alpha value is -0.743. The van der Waals surface area contributed by atoms with Gasteiger partial charge in [-0.15, -0.1) is 11.8 Å². The van der Waals surface area contributed by atoms with Crippen LogP contribution in [0.1, 0.15) is 26.3 Å². The zero-order valence-corrected chi connectivity index (χ0v) is 15.9. The average molecular weight is 322 g/mol. The van der Waals surface area contributed by atoms with E-state index in [1.54, 1.807) is 11.8 Å². The van der Waals surface area contributed by atoms with Crippen LogP contribution in [0.25, 0.3) is 0 Å². The smallest absolute Gasteiger partial charge is 0.233 e. The highest BCUT2D eigenvalue weighted by atomic mass is 32.2. The average Bonchev–Trinajstić information content (AvgIpc) is 2.42. The van der Waals surface area contributed by atoms with Crippen LogP contribution in [0.2, 0.25) is 18.1 Å². The van der Waals surface area contributed by atoms with Crippen molar-refractivity contribution >= 4 is 25.9 Å². The number of benzene rings is 1. The minimum Gasteiger partial charge on any atom is -0.366 e. The first kappa shape index (κ1) is 16.6. The summed E-state index contributed by atoms with van der Waals surface area (Å²) < 4.78 is 1.96. The molecule has 1 aromatic carbocycles. The molecule has 2 rings (SSSR count). The number of β-lactam (4-membered cyclic amide) rings is 1. The summed E-state index contributed by atoms with van der Waals surface area (Å²) >= 11 is 1.72. The maximum atomic E-state index is 13.0. The second-order valence-corrected chi connectivity index (χ2v) is 13.9. The lowest BCUT2D eigenvalue weighted by molar-refractivity contribution is -0.138. The summed E-state index contributed by atoms with van der Waals surface area (Å²) in [6, 6.07) is 10.4.